The van der Waals surface area contributed by atoms with E-state index in [2.05, 4.69) is 23.4 Å². The van der Waals surface area contributed by atoms with Gasteiger partial charge in [0.1, 0.15) is 27.6 Å². The average molecular weight is 364 g/mol. The van der Waals surface area contributed by atoms with Crippen molar-refractivity contribution in [2.75, 3.05) is 19.0 Å². The Morgan fingerprint density at radius 1 is 1.21 bits per heavy atom. The minimum Gasteiger partial charge on any atom is -0.363 e. The molecule has 126 valence electrons. The molecule has 3 rings (SSSR count). The number of nitrogens with zero attached hydrogens (tertiary/aromatic N) is 5. The van der Waals surface area contributed by atoms with E-state index in [1.807, 2.05) is 32.0 Å². The van der Waals surface area contributed by atoms with Crippen molar-refractivity contribution in [2.24, 2.45) is 0 Å². The van der Waals surface area contributed by atoms with Crippen LogP contribution in [0.1, 0.15) is 11.5 Å². The number of hydrogen-bond acceptors (Lipinski definition) is 8. The number of nitrogens with one attached hydrogen (secondary N) is 1. The Bertz CT molecular complexity index is 984. The third kappa shape index (κ3) is 3.35. The van der Waals surface area contributed by atoms with E-state index >= 15 is 0 Å². The maximum Gasteiger partial charge on any atom is 0.243 e. The Morgan fingerprint density at radius 3 is 2.75 bits per heavy atom. The molecule has 0 unspecified atom stereocenters. The molecular formula is C14H16N6O2S2. The number of sulfonamides is 1. The second kappa shape index (κ2) is 6.38. The SMILES string of the molecule is Cc1cc(N(C)C)nc(CNS(=O)(=O)c2cccc3nsnc23)n1. The first-order chi connectivity index (χ1) is 11.4. The molecule has 3 aromatic rings. The summed E-state index contributed by atoms with van der Waals surface area (Å²) in [6.45, 7) is 1.84. The molecule has 0 atom stereocenters. The summed E-state index contributed by atoms with van der Waals surface area (Å²) in [7, 11) is -0.00690. The van der Waals surface area contributed by atoms with E-state index in [0.29, 0.717) is 16.9 Å². The smallest absolute Gasteiger partial charge is 0.243 e. The standard InChI is InChI=1S/C14H16N6O2S2/c1-9-7-13(20(2)3)17-12(16-9)8-15-24(21,22)11-6-4-5-10-14(11)19-23-18-10/h4-7,15H,8H2,1-3H3. The van der Waals surface area contributed by atoms with Crippen LogP contribution in [0.4, 0.5) is 5.82 Å². The van der Waals surface area contributed by atoms with Crippen molar-refractivity contribution in [3.05, 3.63) is 35.8 Å². The fraction of sp³-hybridized carbons (Fsp3) is 0.286. The highest BCUT2D eigenvalue weighted by molar-refractivity contribution is 7.89. The molecule has 0 saturated heterocycles. The first-order valence-corrected chi connectivity index (χ1v) is 9.31. The van der Waals surface area contributed by atoms with Gasteiger partial charge in [0.25, 0.3) is 0 Å². The van der Waals surface area contributed by atoms with Crippen LogP contribution in [0.15, 0.2) is 29.2 Å². The van der Waals surface area contributed by atoms with Crippen LogP contribution in [0, 0.1) is 6.92 Å². The lowest BCUT2D eigenvalue weighted by molar-refractivity contribution is 0.580. The van der Waals surface area contributed by atoms with E-state index in [0.717, 1.165) is 23.2 Å². The van der Waals surface area contributed by atoms with Gasteiger partial charge >= 0.3 is 0 Å². The molecular weight excluding hydrogens is 348 g/mol. The van der Waals surface area contributed by atoms with E-state index < -0.39 is 10.0 Å². The van der Waals surface area contributed by atoms with Crippen molar-refractivity contribution in [3.63, 3.8) is 0 Å². The highest BCUT2D eigenvalue weighted by Crippen LogP contribution is 2.21. The molecule has 0 aliphatic carbocycles. The normalized spacial score (nSPS) is 11.8. The van der Waals surface area contributed by atoms with E-state index in [9.17, 15) is 8.42 Å². The second-order valence-electron chi connectivity index (χ2n) is 5.39. The van der Waals surface area contributed by atoms with Gasteiger partial charge in [-0.25, -0.2) is 23.1 Å². The molecule has 24 heavy (non-hydrogen) atoms. The number of benzene rings is 1. The maximum absolute atomic E-state index is 12.6. The number of aryl methyl sites for hydroxylation is 1. The summed E-state index contributed by atoms with van der Waals surface area (Å²) in [5.74, 6) is 1.13. The minimum atomic E-state index is -3.74. The van der Waals surface area contributed by atoms with E-state index in [1.165, 1.54) is 6.07 Å². The average Bonchev–Trinajstić information content (AvgIpc) is 3.01. The zero-order valence-electron chi connectivity index (χ0n) is 13.4. The lowest BCUT2D eigenvalue weighted by Crippen LogP contribution is -2.25. The fourth-order valence-electron chi connectivity index (χ4n) is 2.16. The third-order valence-corrected chi connectivity index (χ3v) is 5.28. The Hall–Kier alpha value is -2.17. The first kappa shape index (κ1) is 16.7. The number of fused-ring (bicyclic) bond motifs is 1. The van der Waals surface area contributed by atoms with E-state index in [-0.39, 0.29) is 11.4 Å². The van der Waals surface area contributed by atoms with E-state index in [4.69, 9.17) is 0 Å². The summed E-state index contributed by atoms with van der Waals surface area (Å²) < 4.78 is 35.8. The quantitative estimate of drug-likeness (QED) is 0.729. The minimum absolute atomic E-state index is 0.00118. The lowest BCUT2D eigenvalue weighted by atomic mass is 10.3. The van der Waals surface area contributed by atoms with Gasteiger partial charge in [-0.3, -0.25) is 0 Å². The zero-order valence-corrected chi connectivity index (χ0v) is 15.0. The van der Waals surface area contributed by atoms with Crippen molar-refractivity contribution in [2.45, 2.75) is 18.4 Å². The Morgan fingerprint density at radius 2 is 2.00 bits per heavy atom. The van der Waals surface area contributed by atoms with Crippen LogP contribution >= 0.6 is 11.7 Å². The van der Waals surface area contributed by atoms with Crippen LogP contribution in [0.5, 0.6) is 0 Å². The van der Waals surface area contributed by atoms with Crippen LogP contribution in [0.2, 0.25) is 0 Å². The maximum atomic E-state index is 12.6. The summed E-state index contributed by atoms with van der Waals surface area (Å²) in [6.07, 6.45) is 0. The van der Waals surface area contributed by atoms with Gasteiger partial charge in [-0.05, 0) is 19.1 Å². The molecule has 8 nitrogen and oxygen atoms in total. The molecule has 0 aliphatic rings. The molecule has 0 aliphatic heterocycles. The Kier molecular flexibility index (Phi) is 4.43. The molecule has 1 N–H and O–H groups in total. The van der Waals surface area contributed by atoms with Crippen molar-refractivity contribution in [1.82, 2.24) is 23.4 Å². The predicted molar refractivity (Wildman–Crippen MR) is 92.5 cm³/mol. The molecule has 0 saturated carbocycles. The van der Waals surface area contributed by atoms with Gasteiger partial charge in [-0.1, -0.05) is 6.07 Å². The molecule has 0 fully saturated rings. The molecule has 0 spiro atoms. The third-order valence-electron chi connectivity index (χ3n) is 3.30. The van der Waals surface area contributed by atoms with Gasteiger partial charge < -0.3 is 4.90 Å². The van der Waals surface area contributed by atoms with Gasteiger partial charge in [0.05, 0.1) is 18.3 Å². The van der Waals surface area contributed by atoms with Gasteiger partial charge in [0.2, 0.25) is 10.0 Å². The lowest BCUT2D eigenvalue weighted by Gasteiger charge is -2.13. The van der Waals surface area contributed by atoms with Crippen LogP contribution in [-0.4, -0.2) is 41.2 Å². The number of rotatable bonds is 5. The summed E-state index contributed by atoms with van der Waals surface area (Å²) in [5.41, 5.74) is 1.70. The van der Waals surface area contributed by atoms with Crippen molar-refractivity contribution < 1.29 is 8.42 Å². The Labute approximate surface area is 144 Å². The van der Waals surface area contributed by atoms with Gasteiger partial charge in [0.15, 0.2) is 0 Å². The number of aromatic nitrogens is 4. The molecule has 2 aromatic heterocycles. The van der Waals surface area contributed by atoms with Crippen molar-refractivity contribution in [3.8, 4) is 0 Å². The molecule has 1 aromatic carbocycles. The highest BCUT2D eigenvalue weighted by atomic mass is 32.2. The van der Waals surface area contributed by atoms with Crippen LogP contribution in [-0.2, 0) is 16.6 Å². The fourth-order valence-corrected chi connectivity index (χ4v) is 3.90. The summed E-state index contributed by atoms with van der Waals surface area (Å²) in [5, 5.41) is 0. The number of anilines is 1. The zero-order chi connectivity index (χ0) is 17.3. The topological polar surface area (TPSA) is 101 Å². The van der Waals surface area contributed by atoms with Crippen LogP contribution < -0.4 is 9.62 Å². The molecule has 10 heteroatoms. The van der Waals surface area contributed by atoms with Crippen LogP contribution in [0.25, 0.3) is 11.0 Å². The monoisotopic (exact) mass is 364 g/mol. The summed E-state index contributed by atoms with van der Waals surface area (Å²) >= 11 is 0.982. The Balaban J connectivity index is 1.87. The molecule has 0 amide bonds. The number of hydrogen-bond donors (Lipinski definition) is 1. The second-order valence-corrected chi connectivity index (χ2v) is 7.65. The molecule has 0 bridgehead atoms. The van der Waals surface area contributed by atoms with Gasteiger partial charge in [-0.2, -0.15) is 8.75 Å². The van der Waals surface area contributed by atoms with E-state index in [1.54, 1.807) is 12.1 Å². The highest BCUT2D eigenvalue weighted by Gasteiger charge is 2.20. The molecule has 2 heterocycles. The van der Waals surface area contributed by atoms with Gasteiger partial charge in [0, 0.05) is 25.9 Å². The summed E-state index contributed by atoms with van der Waals surface area (Å²) in [6, 6.07) is 6.71. The first-order valence-electron chi connectivity index (χ1n) is 7.09. The summed E-state index contributed by atoms with van der Waals surface area (Å²) in [4.78, 5) is 10.6. The van der Waals surface area contributed by atoms with Gasteiger partial charge in [-0.15, -0.1) is 0 Å². The van der Waals surface area contributed by atoms with Crippen molar-refractivity contribution >= 4 is 38.6 Å². The largest absolute Gasteiger partial charge is 0.363 e. The predicted octanol–water partition coefficient (Wildman–Crippen LogP) is 1.33. The molecule has 0 radical (unpaired) electrons. The van der Waals surface area contributed by atoms with Crippen LogP contribution in [0.3, 0.4) is 0 Å². The van der Waals surface area contributed by atoms with Crippen molar-refractivity contribution in [1.29, 1.82) is 0 Å².